The van der Waals surface area contributed by atoms with Crippen LogP contribution < -0.4 is 20.9 Å². The number of nitrogens with one attached hydrogen (secondary N) is 3. The van der Waals surface area contributed by atoms with Gasteiger partial charge >= 0.3 is 5.97 Å². The van der Waals surface area contributed by atoms with Gasteiger partial charge in [-0.15, -0.1) is 0 Å². The van der Waals surface area contributed by atoms with Crippen molar-refractivity contribution in [1.82, 2.24) is 25.3 Å². The lowest BCUT2D eigenvalue weighted by Crippen LogP contribution is -2.26. The lowest BCUT2D eigenvalue weighted by molar-refractivity contribution is -0.118. The van der Waals surface area contributed by atoms with E-state index in [-0.39, 0.29) is 10.8 Å². The fourth-order valence-electron chi connectivity index (χ4n) is 3.55. The second kappa shape index (κ2) is 9.77. The SMILES string of the molecule is CC(=O)NCCNc1nc(Nc2nc(C)c(C(=O)O)s2)nc2c1CCN2Cc1cccnc1. The number of carboxylic acids is 1. The van der Waals surface area contributed by atoms with Crippen LogP contribution in [-0.2, 0) is 17.8 Å². The van der Waals surface area contributed by atoms with Crippen LogP contribution in [0.1, 0.15) is 33.4 Å². The van der Waals surface area contributed by atoms with Gasteiger partial charge in [0.05, 0.1) is 5.69 Å². The van der Waals surface area contributed by atoms with E-state index in [4.69, 9.17) is 4.98 Å². The minimum Gasteiger partial charge on any atom is -0.477 e. The molecule has 1 aliphatic heterocycles. The molecule has 4 N–H and O–H groups in total. The summed E-state index contributed by atoms with van der Waals surface area (Å²) in [5.41, 5.74) is 2.50. The van der Waals surface area contributed by atoms with Gasteiger partial charge in [-0.1, -0.05) is 17.4 Å². The number of pyridine rings is 1. The van der Waals surface area contributed by atoms with E-state index >= 15 is 0 Å². The summed E-state index contributed by atoms with van der Waals surface area (Å²) < 4.78 is 0. The summed E-state index contributed by atoms with van der Waals surface area (Å²) in [6.45, 7) is 5.53. The van der Waals surface area contributed by atoms with Crippen LogP contribution in [0.3, 0.4) is 0 Å². The summed E-state index contributed by atoms with van der Waals surface area (Å²) >= 11 is 1.04. The van der Waals surface area contributed by atoms with Crippen LogP contribution in [0, 0.1) is 6.92 Å². The number of hydrogen-bond acceptors (Lipinski definition) is 10. The number of fused-ring (bicyclic) bond motifs is 1. The number of anilines is 4. The third kappa shape index (κ3) is 5.34. The van der Waals surface area contributed by atoms with Crippen molar-refractivity contribution in [2.45, 2.75) is 26.8 Å². The topological polar surface area (TPSA) is 145 Å². The molecule has 1 aliphatic rings. The molecule has 12 heteroatoms. The Morgan fingerprint density at radius 1 is 1.24 bits per heavy atom. The summed E-state index contributed by atoms with van der Waals surface area (Å²) in [6, 6.07) is 3.92. The second-order valence-corrected chi connectivity index (χ2v) is 8.50. The number of thiazole rings is 1. The van der Waals surface area contributed by atoms with Crippen LogP contribution in [0.5, 0.6) is 0 Å². The van der Waals surface area contributed by atoms with E-state index in [1.165, 1.54) is 6.92 Å². The zero-order valence-corrected chi connectivity index (χ0v) is 19.1. The van der Waals surface area contributed by atoms with Crippen LogP contribution in [0.15, 0.2) is 24.5 Å². The molecule has 0 saturated heterocycles. The second-order valence-electron chi connectivity index (χ2n) is 7.50. The molecule has 0 aromatic carbocycles. The molecule has 33 heavy (non-hydrogen) atoms. The van der Waals surface area contributed by atoms with Crippen molar-refractivity contribution in [2.75, 3.05) is 35.2 Å². The molecule has 3 aromatic rings. The maximum Gasteiger partial charge on any atom is 0.347 e. The third-order valence-electron chi connectivity index (χ3n) is 5.01. The quantitative estimate of drug-likeness (QED) is 0.345. The Hall–Kier alpha value is -3.80. The molecule has 0 saturated carbocycles. The number of aromatic nitrogens is 4. The lowest BCUT2D eigenvalue weighted by atomic mass is 10.2. The average molecular weight is 469 g/mol. The fraction of sp³-hybridized carbons (Fsp3) is 0.333. The highest BCUT2D eigenvalue weighted by molar-refractivity contribution is 7.17. The number of nitrogens with zero attached hydrogens (tertiary/aromatic N) is 5. The minimum absolute atomic E-state index is 0.0944. The number of carbonyl (C=O) groups is 2. The zero-order valence-electron chi connectivity index (χ0n) is 18.3. The van der Waals surface area contributed by atoms with E-state index in [1.54, 1.807) is 13.1 Å². The van der Waals surface area contributed by atoms with Crippen LogP contribution in [0.2, 0.25) is 0 Å². The summed E-state index contributed by atoms with van der Waals surface area (Å²) in [4.78, 5) is 42.7. The third-order valence-corrected chi connectivity index (χ3v) is 6.07. The molecule has 0 atom stereocenters. The predicted molar refractivity (Wildman–Crippen MR) is 125 cm³/mol. The van der Waals surface area contributed by atoms with Crippen LogP contribution >= 0.6 is 11.3 Å². The lowest BCUT2D eigenvalue weighted by Gasteiger charge is -2.19. The highest BCUT2D eigenvalue weighted by Gasteiger charge is 2.26. The maximum absolute atomic E-state index is 11.4. The van der Waals surface area contributed by atoms with Gasteiger partial charge in [-0.05, 0) is 25.0 Å². The van der Waals surface area contributed by atoms with Gasteiger partial charge in [-0.3, -0.25) is 15.1 Å². The number of aryl methyl sites for hydroxylation is 1. The fourth-order valence-corrected chi connectivity index (χ4v) is 4.35. The molecule has 0 aliphatic carbocycles. The number of amides is 1. The van der Waals surface area contributed by atoms with Crippen molar-refractivity contribution in [1.29, 1.82) is 0 Å². The van der Waals surface area contributed by atoms with Crippen molar-refractivity contribution < 1.29 is 14.7 Å². The highest BCUT2D eigenvalue weighted by atomic mass is 32.1. The van der Waals surface area contributed by atoms with Gasteiger partial charge < -0.3 is 20.6 Å². The zero-order chi connectivity index (χ0) is 23.4. The normalized spacial score (nSPS) is 12.4. The van der Waals surface area contributed by atoms with Crippen molar-refractivity contribution >= 4 is 45.9 Å². The van der Waals surface area contributed by atoms with Crippen molar-refractivity contribution in [3.05, 3.63) is 46.2 Å². The summed E-state index contributed by atoms with van der Waals surface area (Å²) in [6.07, 6.45) is 4.35. The van der Waals surface area contributed by atoms with E-state index < -0.39 is 5.97 Å². The van der Waals surface area contributed by atoms with E-state index in [0.29, 0.717) is 42.2 Å². The molecule has 0 bridgehead atoms. The van der Waals surface area contributed by atoms with Gasteiger partial charge in [0.15, 0.2) is 5.13 Å². The Balaban J connectivity index is 1.61. The van der Waals surface area contributed by atoms with Gasteiger partial charge in [0.1, 0.15) is 16.5 Å². The summed E-state index contributed by atoms with van der Waals surface area (Å²) in [5.74, 6) is 0.678. The Morgan fingerprint density at radius 2 is 2.09 bits per heavy atom. The Bertz CT molecular complexity index is 1170. The van der Waals surface area contributed by atoms with Gasteiger partial charge in [0, 0.05) is 51.1 Å². The first kappa shape index (κ1) is 22.4. The van der Waals surface area contributed by atoms with Crippen molar-refractivity contribution in [3.63, 3.8) is 0 Å². The van der Waals surface area contributed by atoms with Gasteiger partial charge in [-0.2, -0.15) is 9.97 Å². The number of rotatable bonds is 9. The number of carbonyl (C=O) groups excluding carboxylic acids is 1. The Kier molecular flexibility index (Phi) is 6.63. The molecule has 0 unspecified atom stereocenters. The first-order valence-electron chi connectivity index (χ1n) is 10.4. The summed E-state index contributed by atoms with van der Waals surface area (Å²) in [5, 5.41) is 18.8. The van der Waals surface area contributed by atoms with E-state index in [0.717, 1.165) is 41.2 Å². The molecule has 3 aromatic heterocycles. The first-order chi connectivity index (χ1) is 15.9. The molecule has 0 radical (unpaired) electrons. The minimum atomic E-state index is -1.02. The van der Waals surface area contributed by atoms with Gasteiger partial charge in [-0.25, -0.2) is 9.78 Å². The molecule has 4 rings (SSSR count). The monoisotopic (exact) mass is 468 g/mol. The number of carboxylic acid groups (broad SMARTS) is 1. The van der Waals surface area contributed by atoms with E-state index in [1.807, 2.05) is 18.3 Å². The van der Waals surface area contributed by atoms with Crippen molar-refractivity contribution in [2.24, 2.45) is 0 Å². The molecule has 1 amide bonds. The summed E-state index contributed by atoms with van der Waals surface area (Å²) in [7, 11) is 0. The largest absolute Gasteiger partial charge is 0.477 e. The van der Waals surface area contributed by atoms with Crippen LogP contribution in [-0.4, -0.2) is 56.6 Å². The van der Waals surface area contributed by atoms with Crippen LogP contribution in [0.4, 0.5) is 22.7 Å². The Labute approximate surface area is 194 Å². The predicted octanol–water partition coefficient (Wildman–Crippen LogP) is 2.19. The van der Waals surface area contributed by atoms with Gasteiger partial charge in [0.2, 0.25) is 11.9 Å². The molecular weight excluding hydrogens is 444 g/mol. The molecule has 4 heterocycles. The number of hydrogen-bond donors (Lipinski definition) is 4. The standard InChI is InChI=1S/C21H24N8O3S/c1-12-16(19(31)32)33-21(25-12)28-20-26-17(24-8-7-23-13(2)30)15-5-9-29(18(15)27-20)11-14-4-3-6-22-10-14/h3-4,6,10H,5,7-9,11H2,1-2H3,(H,23,30)(H,31,32)(H2,24,25,26,27,28). The molecular formula is C21H24N8O3S. The molecule has 11 nitrogen and oxygen atoms in total. The molecule has 0 spiro atoms. The smallest absolute Gasteiger partial charge is 0.347 e. The molecule has 0 fully saturated rings. The van der Waals surface area contributed by atoms with Crippen LogP contribution in [0.25, 0.3) is 0 Å². The first-order valence-corrected chi connectivity index (χ1v) is 11.2. The molecule has 172 valence electrons. The number of aromatic carboxylic acids is 1. The Morgan fingerprint density at radius 3 is 2.79 bits per heavy atom. The van der Waals surface area contributed by atoms with E-state index in [2.05, 4.69) is 35.8 Å². The van der Waals surface area contributed by atoms with E-state index in [9.17, 15) is 14.7 Å². The highest BCUT2D eigenvalue weighted by Crippen LogP contribution is 2.34. The maximum atomic E-state index is 11.4. The van der Waals surface area contributed by atoms with Crippen molar-refractivity contribution in [3.8, 4) is 0 Å². The van der Waals surface area contributed by atoms with Gasteiger partial charge in [0.25, 0.3) is 0 Å². The average Bonchev–Trinajstić information content (AvgIpc) is 3.35.